The lowest BCUT2D eigenvalue weighted by atomic mass is 9.66. The number of benzene rings is 3. The molecule has 11 rings (SSSR count). The highest BCUT2D eigenvalue weighted by molar-refractivity contribution is 7.47. The fourth-order valence-corrected chi connectivity index (χ4v) is 18.2. The van der Waals surface area contributed by atoms with Gasteiger partial charge in [-0.25, -0.2) is 9.13 Å². The number of aryl methyl sites for hydroxylation is 4. The van der Waals surface area contributed by atoms with Gasteiger partial charge in [-0.2, -0.15) is 0 Å². The molecule has 804 valence electrons. The predicted octanol–water partition coefficient (Wildman–Crippen LogP) is -4.24. The lowest BCUT2D eigenvalue weighted by Gasteiger charge is -2.42. The highest BCUT2D eigenvalue weighted by Gasteiger charge is 2.52. The SMILES string of the molecule is CC(COCc1cn(CCCO[C@@H]2O[C@H](CO)[C@H](O)[C@H](O)[C@H]2O)nn1)(COCC(C)(COCc1cn(CCCO[C@@H]2O[C@H](CO)[C@H](O)[C@H](O)[C@H]2O)nn1)COP(=O)(O)OCC(C)(CO)COCc1cn(CCCO[C@@H]2O[C@H](CO)[C@H](O)[C@H](O)[C@H]2O)nn1)COCC(C)(COCc1cn(CCCO[C@@H]2O[C@H](CO)[C@H](O)[C@H](O)[C@H]2O)nn1)COP(=O)(O)OC(CO)C(c1ccccc1)(c1ccccc1)c1ccccc1. The zero-order valence-electron chi connectivity index (χ0n) is 79.8. The number of aliphatic hydroxyl groups is 18. The lowest BCUT2D eigenvalue weighted by molar-refractivity contribution is -0.301. The van der Waals surface area contributed by atoms with Crippen LogP contribution in [-0.2, 0) is 152 Å². The molecule has 3 aromatic carbocycles. The van der Waals surface area contributed by atoms with Gasteiger partial charge in [0.25, 0.3) is 0 Å². The number of nitrogens with zero attached hydrogens (tertiary/aromatic N) is 12. The van der Waals surface area contributed by atoms with Gasteiger partial charge in [-0.15, -0.1) is 20.4 Å². The van der Waals surface area contributed by atoms with E-state index in [4.69, 9.17) is 84.4 Å². The fourth-order valence-electron chi connectivity index (χ4n) is 16.1. The molecule has 20 N–H and O–H groups in total. The number of phosphoric ester groups is 2. The number of aromatic nitrogens is 12. The number of hydrogen-bond donors (Lipinski definition) is 20. The van der Waals surface area contributed by atoms with Crippen molar-refractivity contribution in [1.29, 1.82) is 0 Å². The van der Waals surface area contributed by atoms with E-state index in [9.17, 15) is 106 Å². The Morgan fingerprint density at radius 1 is 0.329 bits per heavy atom. The third kappa shape index (κ3) is 33.3. The van der Waals surface area contributed by atoms with E-state index in [1.807, 2.05) is 36.4 Å². The summed E-state index contributed by atoms with van der Waals surface area (Å²) in [6.45, 7) is -1.21. The Morgan fingerprint density at radius 3 is 0.832 bits per heavy atom. The Balaban J connectivity index is 0.798. The van der Waals surface area contributed by atoms with Crippen LogP contribution in [-0.4, -0.2) is 429 Å². The Labute approximate surface area is 823 Å². The first kappa shape index (κ1) is 116. The van der Waals surface area contributed by atoms with Gasteiger partial charge in [-0.1, -0.05) is 140 Å². The first-order valence-corrected chi connectivity index (χ1v) is 49.8. The van der Waals surface area contributed by atoms with Gasteiger partial charge in [0.05, 0.1) is 195 Å². The summed E-state index contributed by atoms with van der Waals surface area (Å²) in [5, 5.41) is 218. The van der Waals surface area contributed by atoms with Crippen molar-refractivity contribution in [1.82, 2.24) is 60.0 Å². The summed E-state index contributed by atoms with van der Waals surface area (Å²) >= 11 is 0. The summed E-state index contributed by atoms with van der Waals surface area (Å²) in [6.07, 6.45) is -23.5. The Hall–Kier alpha value is -6.84. The van der Waals surface area contributed by atoms with Gasteiger partial charge >= 0.3 is 15.6 Å². The van der Waals surface area contributed by atoms with Gasteiger partial charge < -0.3 is 168 Å². The minimum Gasteiger partial charge on any atom is -0.396 e. The van der Waals surface area contributed by atoms with Crippen LogP contribution >= 0.6 is 15.6 Å². The zero-order valence-corrected chi connectivity index (χ0v) is 81.6. The van der Waals surface area contributed by atoms with Gasteiger partial charge in [0.15, 0.2) is 25.2 Å². The van der Waals surface area contributed by atoms with Crippen molar-refractivity contribution in [2.75, 3.05) is 139 Å². The van der Waals surface area contributed by atoms with Crippen LogP contribution in [0.5, 0.6) is 0 Å². The first-order valence-electron chi connectivity index (χ1n) is 46.8. The van der Waals surface area contributed by atoms with Crippen LogP contribution < -0.4 is 0 Å². The van der Waals surface area contributed by atoms with E-state index in [1.54, 1.807) is 100 Å². The average Bonchev–Trinajstić information content (AvgIpc) is 1.08. The molecule has 4 aliphatic heterocycles. The molecule has 4 aromatic heterocycles. The van der Waals surface area contributed by atoms with Crippen molar-refractivity contribution in [3.8, 4) is 0 Å². The molecular formula is C89H138N12O40P2. The molecule has 0 saturated carbocycles. The highest BCUT2D eigenvalue weighted by atomic mass is 31.2. The van der Waals surface area contributed by atoms with Crippen molar-refractivity contribution in [2.24, 2.45) is 21.7 Å². The number of hydrogen-bond acceptors (Lipinski definition) is 46. The number of aliphatic hydroxyl groups excluding tert-OH is 18. The molecule has 52 nitrogen and oxygen atoms in total. The molecule has 4 fully saturated rings. The van der Waals surface area contributed by atoms with Gasteiger partial charge in [0, 0.05) is 47.8 Å². The largest absolute Gasteiger partial charge is 0.472 e. The highest BCUT2D eigenvalue weighted by Crippen LogP contribution is 2.53. The van der Waals surface area contributed by atoms with Crippen LogP contribution in [0.15, 0.2) is 116 Å². The van der Waals surface area contributed by atoms with Crippen LogP contribution in [0.25, 0.3) is 0 Å². The van der Waals surface area contributed by atoms with Crippen LogP contribution in [0.3, 0.4) is 0 Å². The van der Waals surface area contributed by atoms with Crippen molar-refractivity contribution < 1.29 is 195 Å². The van der Waals surface area contributed by atoms with Gasteiger partial charge in [0.2, 0.25) is 0 Å². The van der Waals surface area contributed by atoms with E-state index in [2.05, 4.69) is 41.2 Å². The van der Waals surface area contributed by atoms with Crippen LogP contribution in [0.2, 0.25) is 0 Å². The fraction of sp³-hybridized carbons (Fsp3) is 0.708. The monoisotopic (exact) mass is 2080 g/mol. The van der Waals surface area contributed by atoms with Crippen LogP contribution in [0.1, 0.15) is 92.8 Å². The molecule has 7 aromatic rings. The van der Waals surface area contributed by atoms with E-state index in [-0.39, 0.29) is 151 Å². The maximum Gasteiger partial charge on any atom is 0.472 e. The lowest BCUT2D eigenvalue weighted by Crippen LogP contribution is -2.59. The summed E-state index contributed by atoms with van der Waals surface area (Å²) in [7, 11) is -10.4. The summed E-state index contributed by atoms with van der Waals surface area (Å²) in [4.78, 5) is 23.7. The molecule has 8 heterocycles. The topological polar surface area (TPSA) is 728 Å². The molecule has 0 amide bonds. The summed E-state index contributed by atoms with van der Waals surface area (Å²) in [6, 6.07) is 27.1. The summed E-state index contributed by atoms with van der Waals surface area (Å²) in [5.74, 6) is 0. The molecule has 0 aliphatic carbocycles. The Kier molecular flexibility index (Phi) is 45.3. The standard InChI is InChI=1S/C89H138N12O40P2/c1-85(45-107,46-124-41-60-32-98(94-90-60)24-14-28-130-81-77(116)73(112)69(108)64(36-102)137-81)54-134-142(120,121)135-55-87(3,48-126-43-62-34-100(96-92-62)26-16-30-132-83-79(118)75(114)71(110)66(38-104)139-83)52-128-50-86(2,47-125-42-61-33-99(95-91-61)25-15-29-131-82-78(117)74(113)70(109)65(37-103)138-82)51-129-53-88(4,49-127-44-63-35-101(97-93-63)27-17-31-133-84-80(119)76(115)72(111)67(39-105)140-84)56-136-143(122,123)141-68(40-106)89(57-18-8-5-9-19-57,58-20-10-6-11-21-58)59-22-12-7-13-23-59/h5-13,18-23,32-35,64-84,102-119H,14-17,24-31,36-56H2,1-4H3,(H,120,121)(H,122,123)/t64-,65-,66-,67-,68?,69+,70+,71+,72+,73+,74+,75+,76+,77-,78-,79-,80-,81-,82-,83-,84-,85?,86?,87?,88?/m1/s1. The number of ether oxygens (including phenoxy) is 14. The first-order chi connectivity index (χ1) is 68.4. The van der Waals surface area contributed by atoms with Gasteiger partial charge in [-0.05, 0) is 42.4 Å². The molecule has 7 unspecified atom stereocenters. The van der Waals surface area contributed by atoms with Crippen molar-refractivity contribution in [2.45, 2.75) is 240 Å². The smallest absolute Gasteiger partial charge is 0.396 e. The minimum atomic E-state index is -5.30. The molecule has 0 bridgehead atoms. The van der Waals surface area contributed by atoms with Crippen molar-refractivity contribution >= 4 is 15.6 Å². The van der Waals surface area contributed by atoms with E-state index in [1.165, 1.54) is 25.7 Å². The van der Waals surface area contributed by atoms with E-state index < -0.39 is 231 Å². The summed E-state index contributed by atoms with van der Waals surface area (Å²) in [5.41, 5.74) is -3.63. The second-order valence-electron chi connectivity index (χ2n) is 37.4. The zero-order chi connectivity index (χ0) is 103. The maximum atomic E-state index is 15.0. The van der Waals surface area contributed by atoms with Gasteiger partial charge in [0.1, 0.15) is 127 Å². The van der Waals surface area contributed by atoms with Crippen LogP contribution in [0, 0.1) is 21.7 Å². The molecule has 27 atom stereocenters. The molecule has 143 heavy (non-hydrogen) atoms. The number of rotatable bonds is 65. The molecule has 0 radical (unpaired) electrons. The van der Waals surface area contributed by atoms with Crippen molar-refractivity contribution in [3.63, 3.8) is 0 Å². The normalized spacial score (nSPS) is 27.9. The maximum absolute atomic E-state index is 15.0. The third-order valence-electron chi connectivity index (χ3n) is 24.3. The average molecular weight is 2080 g/mol. The summed E-state index contributed by atoms with van der Waals surface area (Å²) < 4.78 is 142. The second-order valence-corrected chi connectivity index (χ2v) is 40.2. The Bertz CT molecular complexity index is 4800. The molecule has 0 spiro atoms. The van der Waals surface area contributed by atoms with Crippen LogP contribution in [0.4, 0.5) is 0 Å². The number of phosphoric acid groups is 2. The quantitative estimate of drug-likeness (QED) is 0.00975. The minimum absolute atomic E-state index is 0.00804. The molecular weight excluding hydrogens is 1940 g/mol. The molecule has 54 heteroatoms. The van der Waals surface area contributed by atoms with E-state index >= 15 is 4.57 Å². The third-order valence-corrected chi connectivity index (χ3v) is 26.2. The Morgan fingerprint density at radius 2 is 0.573 bits per heavy atom. The van der Waals surface area contributed by atoms with E-state index in [0.717, 1.165) is 0 Å². The predicted molar refractivity (Wildman–Crippen MR) is 486 cm³/mol. The van der Waals surface area contributed by atoms with E-state index in [0.29, 0.717) is 45.9 Å². The van der Waals surface area contributed by atoms with Crippen molar-refractivity contribution in [3.05, 3.63) is 155 Å². The second kappa shape index (κ2) is 55.6. The van der Waals surface area contributed by atoms with Gasteiger partial charge in [-0.3, -0.25) is 36.8 Å². The molecule has 4 aliphatic rings. The molecule has 4 saturated heterocycles.